The first-order valence-electron chi connectivity index (χ1n) is 6.24. The Morgan fingerprint density at radius 2 is 1.94 bits per heavy atom. The van der Waals surface area contributed by atoms with Gasteiger partial charge in [0.15, 0.2) is 0 Å². The summed E-state index contributed by atoms with van der Waals surface area (Å²) in [6.07, 6.45) is 1.70. The number of anilines is 1. The average molecular weight is 235 g/mol. The molecule has 0 aromatic heterocycles. The van der Waals surface area contributed by atoms with Crippen molar-refractivity contribution in [2.75, 3.05) is 11.4 Å². The number of carbonyl (C=O) groups excluding carboxylic acids is 1. The first-order chi connectivity index (χ1) is 8.13. The van der Waals surface area contributed by atoms with Crippen molar-refractivity contribution >= 4 is 11.6 Å². The Balaban J connectivity index is 2.95. The highest BCUT2D eigenvalue weighted by Gasteiger charge is 2.21. The lowest BCUT2D eigenvalue weighted by Gasteiger charge is -2.25. The second-order valence-electron chi connectivity index (χ2n) is 4.12. The normalized spacial score (nSPS) is 10.6. The Morgan fingerprint density at radius 1 is 1.29 bits per heavy atom. The van der Waals surface area contributed by atoms with Gasteiger partial charge in [0.1, 0.15) is 5.75 Å². The maximum atomic E-state index is 12.3. The van der Waals surface area contributed by atoms with E-state index >= 15 is 0 Å². The van der Waals surface area contributed by atoms with E-state index in [4.69, 9.17) is 0 Å². The zero-order chi connectivity index (χ0) is 12.8. The third-order valence-electron chi connectivity index (χ3n) is 3.06. The molecule has 94 valence electrons. The number of carbonyl (C=O) groups is 1. The predicted octanol–water partition coefficient (Wildman–Crippen LogP) is 3.18. The number of phenolic OH excluding ortho intramolecular Hbond substituents is 1. The fraction of sp³-hybridized carbons (Fsp3) is 0.500. The highest BCUT2D eigenvalue weighted by Crippen LogP contribution is 2.23. The largest absolute Gasteiger partial charge is 0.508 e. The molecule has 1 amide bonds. The van der Waals surface area contributed by atoms with Crippen molar-refractivity contribution in [1.82, 2.24) is 0 Å². The highest BCUT2D eigenvalue weighted by atomic mass is 16.3. The van der Waals surface area contributed by atoms with Crippen LogP contribution in [-0.4, -0.2) is 17.6 Å². The minimum Gasteiger partial charge on any atom is -0.508 e. The van der Waals surface area contributed by atoms with Gasteiger partial charge in [0, 0.05) is 24.2 Å². The maximum absolute atomic E-state index is 12.3. The Bertz CT molecular complexity index is 372. The summed E-state index contributed by atoms with van der Waals surface area (Å²) in [5, 5.41) is 9.45. The molecule has 0 aliphatic heterocycles. The number of nitrogens with zero attached hydrogens (tertiary/aromatic N) is 1. The summed E-state index contributed by atoms with van der Waals surface area (Å²) in [7, 11) is 0. The first kappa shape index (κ1) is 13.6. The summed E-state index contributed by atoms with van der Waals surface area (Å²) in [6, 6.07) is 6.85. The van der Waals surface area contributed by atoms with Crippen LogP contribution in [0.25, 0.3) is 0 Å². The summed E-state index contributed by atoms with van der Waals surface area (Å²) in [4.78, 5) is 14.0. The number of aromatic hydroxyl groups is 1. The molecule has 1 aromatic rings. The number of benzene rings is 1. The molecule has 1 aromatic carbocycles. The Morgan fingerprint density at radius 3 is 2.41 bits per heavy atom. The molecule has 1 rings (SSSR count). The van der Waals surface area contributed by atoms with Crippen LogP contribution in [0.4, 0.5) is 5.69 Å². The molecule has 0 fully saturated rings. The summed E-state index contributed by atoms with van der Waals surface area (Å²) in [5.41, 5.74) is 0.768. The number of amides is 1. The maximum Gasteiger partial charge on any atom is 0.230 e. The molecule has 0 spiro atoms. The third kappa shape index (κ3) is 3.22. The molecule has 0 atom stereocenters. The van der Waals surface area contributed by atoms with Crippen LogP contribution in [-0.2, 0) is 4.79 Å². The smallest absolute Gasteiger partial charge is 0.230 e. The molecule has 0 aliphatic rings. The van der Waals surface area contributed by atoms with E-state index in [9.17, 15) is 9.90 Å². The fourth-order valence-corrected chi connectivity index (χ4v) is 1.98. The molecule has 0 unspecified atom stereocenters. The molecule has 0 saturated carbocycles. The SMILES string of the molecule is CCC(CC)C(=O)N(CC)c1cccc(O)c1. The van der Waals surface area contributed by atoms with Crippen LogP contribution in [0.5, 0.6) is 5.75 Å². The van der Waals surface area contributed by atoms with Gasteiger partial charge < -0.3 is 10.0 Å². The number of rotatable bonds is 5. The first-order valence-corrected chi connectivity index (χ1v) is 6.24. The average Bonchev–Trinajstić information content (AvgIpc) is 2.31. The van der Waals surface area contributed by atoms with Gasteiger partial charge in [-0.3, -0.25) is 4.79 Å². The Kier molecular flexibility index (Phi) is 5.01. The van der Waals surface area contributed by atoms with Crippen LogP contribution in [0.3, 0.4) is 0 Å². The van der Waals surface area contributed by atoms with E-state index in [1.807, 2.05) is 26.8 Å². The number of hydrogen-bond donors (Lipinski definition) is 1. The van der Waals surface area contributed by atoms with Crippen molar-refractivity contribution in [2.24, 2.45) is 5.92 Å². The molecular weight excluding hydrogens is 214 g/mol. The van der Waals surface area contributed by atoms with Crippen molar-refractivity contribution in [2.45, 2.75) is 33.6 Å². The van der Waals surface area contributed by atoms with Crippen molar-refractivity contribution in [1.29, 1.82) is 0 Å². The quantitative estimate of drug-likeness (QED) is 0.851. The number of phenols is 1. The van der Waals surface area contributed by atoms with Gasteiger partial charge in [-0.2, -0.15) is 0 Å². The standard InChI is InChI=1S/C14H21NO2/c1-4-11(5-2)14(17)15(6-3)12-8-7-9-13(16)10-12/h7-11,16H,4-6H2,1-3H3. The van der Waals surface area contributed by atoms with Crippen LogP contribution >= 0.6 is 0 Å². The molecule has 0 heterocycles. The molecule has 3 heteroatoms. The fourth-order valence-electron chi connectivity index (χ4n) is 1.98. The van der Waals surface area contributed by atoms with Gasteiger partial charge >= 0.3 is 0 Å². The second-order valence-corrected chi connectivity index (χ2v) is 4.12. The van der Waals surface area contributed by atoms with E-state index in [1.165, 1.54) is 0 Å². The van der Waals surface area contributed by atoms with Crippen LogP contribution in [0.15, 0.2) is 24.3 Å². The minimum atomic E-state index is 0.0669. The van der Waals surface area contributed by atoms with Crippen molar-refractivity contribution in [3.05, 3.63) is 24.3 Å². The van der Waals surface area contributed by atoms with Gasteiger partial charge in [-0.05, 0) is 31.9 Å². The number of hydrogen-bond acceptors (Lipinski definition) is 2. The van der Waals surface area contributed by atoms with E-state index in [-0.39, 0.29) is 17.6 Å². The van der Waals surface area contributed by atoms with Crippen LogP contribution in [0, 0.1) is 5.92 Å². The molecule has 0 radical (unpaired) electrons. The molecule has 17 heavy (non-hydrogen) atoms. The lowest BCUT2D eigenvalue weighted by molar-refractivity contribution is -0.122. The van der Waals surface area contributed by atoms with E-state index in [1.54, 1.807) is 23.1 Å². The lowest BCUT2D eigenvalue weighted by Crippen LogP contribution is -2.35. The monoisotopic (exact) mass is 235 g/mol. The molecule has 0 bridgehead atoms. The van der Waals surface area contributed by atoms with Crippen LogP contribution in [0.2, 0.25) is 0 Å². The molecule has 3 nitrogen and oxygen atoms in total. The molecule has 0 aliphatic carbocycles. The lowest BCUT2D eigenvalue weighted by atomic mass is 10.0. The summed E-state index contributed by atoms with van der Waals surface area (Å²) in [5.74, 6) is 0.402. The Hall–Kier alpha value is -1.51. The van der Waals surface area contributed by atoms with E-state index in [0.29, 0.717) is 6.54 Å². The van der Waals surface area contributed by atoms with Crippen molar-refractivity contribution < 1.29 is 9.90 Å². The Labute approximate surface area is 103 Å². The van der Waals surface area contributed by atoms with E-state index in [2.05, 4.69) is 0 Å². The third-order valence-corrected chi connectivity index (χ3v) is 3.06. The molecule has 1 N–H and O–H groups in total. The van der Waals surface area contributed by atoms with E-state index in [0.717, 1.165) is 18.5 Å². The van der Waals surface area contributed by atoms with Gasteiger partial charge in [-0.15, -0.1) is 0 Å². The molecule has 0 saturated heterocycles. The van der Waals surface area contributed by atoms with Crippen molar-refractivity contribution in [3.8, 4) is 5.75 Å². The van der Waals surface area contributed by atoms with Gasteiger partial charge in [0.05, 0.1) is 0 Å². The van der Waals surface area contributed by atoms with Crippen LogP contribution < -0.4 is 4.90 Å². The van der Waals surface area contributed by atoms with Gasteiger partial charge in [-0.25, -0.2) is 0 Å². The molecular formula is C14H21NO2. The van der Waals surface area contributed by atoms with E-state index < -0.39 is 0 Å². The topological polar surface area (TPSA) is 40.5 Å². The van der Waals surface area contributed by atoms with Gasteiger partial charge in [0.2, 0.25) is 5.91 Å². The van der Waals surface area contributed by atoms with Gasteiger partial charge in [0.25, 0.3) is 0 Å². The second kappa shape index (κ2) is 6.28. The summed E-state index contributed by atoms with van der Waals surface area (Å²) in [6.45, 7) is 6.63. The van der Waals surface area contributed by atoms with Crippen molar-refractivity contribution in [3.63, 3.8) is 0 Å². The minimum absolute atomic E-state index is 0.0669. The summed E-state index contributed by atoms with van der Waals surface area (Å²) >= 11 is 0. The van der Waals surface area contributed by atoms with Crippen LogP contribution in [0.1, 0.15) is 33.6 Å². The summed E-state index contributed by atoms with van der Waals surface area (Å²) < 4.78 is 0. The predicted molar refractivity (Wildman–Crippen MR) is 70.2 cm³/mol. The zero-order valence-corrected chi connectivity index (χ0v) is 10.8. The zero-order valence-electron chi connectivity index (χ0n) is 10.8. The highest BCUT2D eigenvalue weighted by molar-refractivity contribution is 5.95. The van der Waals surface area contributed by atoms with Gasteiger partial charge in [-0.1, -0.05) is 19.9 Å².